The number of carbonyl (C=O) groups excluding carboxylic acids is 1. The van der Waals surface area contributed by atoms with Crippen molar-refractivity contribution in [2.45, 2.75) is 42.7 Å². The summed E-state index contributed by atoms with van der Waals surface area (Å²) >= 11 is 0. The maximum absolute atomic E-state index is 12.6. The molecule has 9 heteroatoms. The second-order valence-corrected chi connectivity index (χ2v) is 8.24. The molecule has 1 aliphatic carbocycles. The average molecular weight is 405 g/mol. The number of nitrogens with zero attached hydrogens (tertiary/aromatic N) is 1. The van der Waals surface area contributed by atoms with E-state index in [1.165, 1.54) is 31.4 Å². The highest BCUT2D eigenvalue weighted by atomic mass is 32.2. The number of amides is 1. The SMILES string of the molecule is COC(=O)Nc1ccc(S(=O)(=O)NC2CCC(Oc3ccccn3)CC2)cc1. The van der Waals surface area contributed by atoms with E-state index in [2.05, 4.69) is 19.8 Å². The van der Waals surface area contributed by atoms with Crippen molar-refractivity contribution in [2.24, 2.45) is 0 Å². The maximum Gasteiger partial charge on any atom is 0.411 e. The van der Waals surface area contributed by atoms with E-state index < -0.39 is 16.1 Å². The van der Waals surface area contributed by atoms with E-state index in [-0.39, 0.29) is 17.0 Å². The fourth-order valence-corrected chi connectivity index (χ4v) is 4.36. The third-order valence-electron chi connectivity index (χ3n) is 4.52. The molecule has 0 unspecified atom stereocenters. The van der Waals surface area contributed by atoms with E-state index in [1.54, 1.807) is 6.20 Å². The minimum absolute atomic E-state index is 0.0410. The Hall–Kier alpha value is -2.65. The number of methoxy groups -OCH3 is 1. The van der Waals surface area contributed by atoms with E-state index >= 15 is 0 Å². The van der Waals surface area contributed by atoms with E-state index in [0.717, 1.165) is 12.8 Å². The van der Waals surface area contributed by atoms with E-state index in [1.807, 2.05) is 18.2 Å². The summed E-state index contributed by atoms with van der Waals surface area (Å²) in [5.41, 5.74) is 0.456. The Morgan fingerprint density at radius 1 is 1.07 bits per heavy atom. The molecule has 2 N–H and O–H groups in total. The number of rotatable bonds is 6. The minimum Gasteiger partial charge on any atom is -0.474 e. The molecule has 1 aliphatic rings. The number of hydrogen-bond acceptors (Lipinski definition) is 6. The van der Waals surface area contributed by atoms with Crippen molar-refractivity contribution in [3.8, 4) is 5.88 Å². The Bertz CT molecular complexity index is 880. The van der Waals surface area contributed by atoms with Crippen LogP contribution in [0, 0.1) is 0 Å². The van der Waals surface area contributed by atoms with Crippen molar-refractivity contribution in [2.75, 3.05) is 12.4 Å². The lowest BCUT2D eigenvalue weighted by Crippen LogP contribution is -2.39. The van der Waals surface area contributed by atoms with Crippen LogP contribution in [-0.2, 0) is 14.8 Å². The summed E-state index contributed by atoms with van der Waals surface area (Å²) in [6.07, 6.45) is 4.01. The molecule has 8 nitrogen and oxygen atoms in total. The van der Waals surface area contributed by atoms with Crippen molar-refractivity contribution in [3.05, 3.63) is 48.7 Å². The summed E-state index contributed by atoms with van der Waals surface area (Å²) < 4.78 is 38.3. The minimum atomic E-state index is -3.63. The normalized spacial score (nSPS) is 19.6. The molecule has 0 bridgehead atoms. The molecular weight excluding hydrogens is 382 g/mol. The highest BCUT2D eigenvalue weighted by molar-refractivity contribution is 7.89. The highest BCUT2D eigenvalue weighted by Crippen LogP contribution is 2.24. The molecule has 1 aromatic heterocycles. The van der Waals surface area contributed by atoms with Crippen molar-refractivity contribution >= 4 is 21.8 Å². The van der Waals surface area contributed by atoms with Crippen LogP contribution in [0.2, 0.25) is 0 Å². The van der Waals surface area contributed by atoms with Crippen molar-refractivity contribution in [3.63, 3.8) is 0 Å². The molecule has 1 fully saturated rings. The summed E-state index contributed by atoms with van der Waals surface area (Å²) in [4.78, 5) is 15.5. The lowest BCUT2D eigenvalue weighted by molar-refractivity contribution is 0.138. The van der Waals surface area contributed by atoms with Crippen LogP contribution in [0.3, 0.4) is 0 Å². The van der Waals surface area contributed by atoms with E-state index in [4.69, 9.17) is 4.74 Å². The highest BCUT2D eigenvalue weighted by Gasteiger charge is 2.26. The van der Waals surface area contributed by atoms with Gasteiger partial charge in [-0.25, -0.2) is 22.9 Å². The number of ether oxygens (including phenoxy) is 2. The Labute approximate surface area is 164 Å². The third kappa shape index (κ3) is 5.43. The van der Waals surface area contributed by atoms with Gasteiger partial charge < -0.3 is 9.47 Å². The predicted octanol–water partition coefficient (Wildman–Crippen LogP) is 2.93. The van der Waals surface area contributed by atoms with Crippen LogP contribution in [0.1, 0.15) is 25.7 Å². The zero-order valence-corrected chi connectivity index (χ0v) is 16.3. The van der Waals surface area contributed by atoms with Gasteiger partial charge in [0.25, 0.3) is 0 Å². The second kappa shape index (κ2) is 9.03. The average Bonchev–Trinajstić information content (AvgIpc) is 2.70. The second-order valence-electron chi connectivity index (χ2n) is 6.52. The van der Waals surface area contributed by atoms with Gasteiger partial charge in [0.2, 0.25) is 15.9 Å². The van der Waals surface area contributed by atoms with Gasteiger partial charge in [0.1, 0.15) is 6.10 Å². The largest absolute Gasteiger partial charge is 0.474 e. The number of carbonyl (C=O) groups is 1. The number of aromatic nitrogens is 1. The summed E-state index contributed by atoms with van der Waals surface area (Å²) in [7, 11) is -2.38. The van der Waals surface area contributed by atoms with Crippen LogP contribution in [-0.4, -0.2) is 38.8 Å². The quantitative estimate of drug-likeness (QED) is 0.765. The van der Waals surface area contributed by atoms with Crippen LogP contribution in [0.4, 0.5) is 10.5 Å². The summed E-state index contributed by atoms with van der Waals surface area (Å²) in [5.74, 6) is 0.590. The van der Waals surface area contributed by atoms with Gasteiger partial charge in [-0.2, -0.15) is 0 Å². The number of sulfonamides is 1. The topological polar surface area (TPSA) is 107 Å². The lowest BCUT2D eigenvalue weighted by Gasteiger charge is -2.29. The standard InChI is InChI=1S/C19H23N3O5S/c1-26-19(23)21-14-7-11-17(12-8-14)28(24,25)22-15-5-9-16(10-6-15)27-18-4-2-3-13-20-18/h2-4,7-8,11-13,15-16,22H,5-6,9-10H2,1H3,(H,21,23). The lowest BCUT2D eigenvalue weighted by atomic mass is 9.94. The van der Waals surface area contributed by atoms with Crippen LogP contribution in [0.25, 0.3) is 0 Å². The first-order valence-electron chi connectivity index (χ1n) is 9.01. The Morgan fingerprint density at radius 3 is 2.39 bits per heavy atom. The fourth-order valence-electron chi connectivity index (χ4n) is 3.06. The van der Waals surface area contributed by atoms with Gasteiger partial charge in [0, 0.05) is 24.0 Å². The van der Waals surface area contributed by atoms with Gasteiger partial charge in [0.15, 0.2) is 0 Å². The third-order valence-corrected chi connectivity index (χ3v) is 6.05. The molecule has 1 amide bonds. The summed E-state index contributed by atoms with van der Waals surface area (Å²) in [6, 6.07) is 11.3. The van der Waals surface area contributed by atoms with E-state index in [0.29, 0.717) is 24.4 Å². The maximum atomic E-state index is 12.6. The van der Waals surface area contributed by atoms with Crippen LogP contribution < -0.4 is 14.8 Å². The number of benzene rings is 1. The molecule has 0 radical (unpaired) electrons. The molecule has 1 heterocycles. The molecule has 0 saturated heterocycles. The summed E-state index contributed by atoms with van der Waals surface area (Å²) in [5, 5.41) is 2.48. The molecule has 2 aromatic rings. The molecule has 150 valence electrons. The van der Waals surface area contributed by atoms with Gasteiger partial charge in [0.05, 0.1) is 12.0 Å². The van der Waals surface area contributed by atoms with Crippen molar-refractivity contribution < 1.29 is 22.7 Å². The zero-order valence-electron chi connectivity index (χ0n) is 15.5. The van der Waals surface area contributed by atoms with Gasteiger partial charge >= 0.3 is 6.09 Å². The van der Waals surface area contributed by atoms with Crippen LogP contribution >= 0.6 is 0 Å². The Morgan fingerprint density at radius 2 is 1.79 bits per heavy atom. The molecule has 0 atom stereocenters. The van der Waals surface area contributed by atoms with Crippen LogP contribution in [0.15, 0.2) is 53.6 Å². The van der Waals surface area contributed by atoms with Gasteiger partial charge in [-0.1, -0.05) is 6.07 Å². The molecule has 3 rings (SSSR count). The molecule has 28 heavy (non-hydrogen) atoms. The van der Waals surface area contributed by atoms with Crippen LogP contribution in [0.5, 0.6) is 5.88 Å². The number of nitrogens with one attached hydrogen (secondary N) is 2. The smallest absolute Gasteiger partial charge is 0.411 e. The molecule has 1 aromatic carbocycles. The van der Waals surface area contributed by atoms with Crippen molar-refractivity contribution in [1.29, 1.82) is 0 Å². The fraction of sp³-hybridized carbons (Fsp3) is 0.368. The van der Waals surface area contributed by atoms with Gasteiger partial charge in [-0.3, -0.25) is 5.32 Å². The molecule has 0 aliphatic heterocycles. The monoisotopic (exact) mass is 405 g/mol. The number of anilines is 1. The first-order valence-corrected chi connectivity index (χ1v) is 10.5. The number of hydrogen-bond donors (Lipinski definition) is 2. The first kappa shape index (κ1) is 20.1. The first-order chi connectivity index (χ1) is 13.5. The molecule has 0 spiro atoms. The Kier molecular flexibility index (Phi) is 6.48. The molecular formula is C19H23N3O5S. The van der Waals surface area contributed by atoms with E-state index in [9.17, 15) is 13.2 Å². The zero-order chi connectivity index (χ0) is 20.0. The predicted molar refractivity (Wildman–Crippen MR) is 104 cm³/mol. The van der Waals surface area contributed by atoms with Crippen molar-refractivity contribution in [1.82, 2.24) is 9.71 Å². The summed E-state index contributed by atoms with van der Waals surface area (Å²) in [6.45, 7) is 0. The molecule has 1 saturated carbocycles. The number of pyridine rings is 1. The van der Waals surface area contributed by atoms with Gasteiger partial charge in [-0.15, -0.1) is 0 Å². The Balaban J connectivity index is 1.53. The van der Waals surface area contributed by atoms with Gasteiger partial charge in [-0.05, 0) is 56.0 Å².